The normalized spacial score (nSPS) is 9.68. The first-order valence-corrected chi connectivity index (χ1v) is 5.91. The van der Waals surface area contributed by atoms with E-state index in [4.69, 9.17) is 5.11 Å². The summed E-state index contributed by atoms with van der Waals surface area (Å²) < 4.78 is 0. The van der Waals surface area contributed by atoms with Crippen LogP contribution in [0.15, 0.2) is 30.3 Å². The Morgan fingerprint density at radius 3 is 2.21 bits per heavy atom. The first-order valence-electron chi connectivity index (χ1n) is 5.91. The van der Waals surface area contributed by atoms with Crippen molar-refractivity contribution in [3.8, 4) is 0 Å². The average molecular weight is 264 g/mol. The van der Waals surface area contributed by atoms with Crippen LogP contribution in [-0.4, -0.2) is 36.0 Å². The minimum Gasteiger partial charge on any atom is -0.481 e. The van der Waals surface area contributed by atoms with Crippen molar-refractivity contribution >= 4 is 17.8 Å². The van der Waals surface area contributed by atoms with Gasteiger partial charge in [0, 0.05) is 25.1 Å². The molecule has 19 heavy (non-hydrogen) atoms. The molecule has 0 atom stereocenters. The van der Waals surface area contributed by atoms with Crippen LogP contribution < -0.4 is 10.6 Å². The zero-order valence-corrected chi connectivity index (χ0v) is 10.4. The molecule has 0 spiro atoms. The van der Waals surface area contributed by atoms with E-state index < -0.39 is 5.97 Å². The van der Waals surface area contributed by atoms with E-state index in [1.165, 1.54) is 0 Å². The second kappa shape index (κ2) is 7.86. The van der Waals surface area contributed by atoms with Crippen molar-refractivity contribution in [1.82, 2.24) is 10.6 Å². The maximum atomic E-state index is 11.6. The van der Waals surface area contributed by atoms with Gasteiger partial charge in [-0.05, 0) is 12.1 Å². The highest BCUT2D eigenvalue weighted by molar-refractivity contribution is 5.94. The number of aliphatic carboxylic acids is 1. The van der Waals surface area contributed by atoms with Crippen molar-refractivity contribution in [1.29, 1.82) is 0 Å². The Hall–Kier alpha value is -2.37. The number of hydrogen-bond donors (Lipinski definition) is 3. The van der Waals surface area contributed by atoms with E-state index in [1.54, 1.807) is 24.3 Å². The minimum atomic E-state index is -1.01. The number of hydrogen-bond acceptors (Lipinski definition) is 3. The molecule has 0 aromatic heterocycles. The summed E-state index contributed by atoms with van der Waals surface area (Å²) in [6.45, 7) is 0.573. The SMILES string of the molecule is O=C(O)CCC(=O)NCCNC(=O)c1ccccc1. The van der Waals surface area contributed by atoms with Crippen LogP contribution in [0.1, 0.15) is 23.2 Å². The standard InChI is InChI=1S/C13H16N2O4/c16-11(6-7-12(17)18)14-8-9-15-13(19)10-4-2-1-3-5-10/h1-5H,6-9H2,(H,14,16)(H,15,19)(H,17,18). The molecule has 1 aromatic carbocycles. The maximum absolute atomic E-state index is 11.6. The molecule has 2 amide bonds. The molecule has 0 saturated carbocycles. The number of carboxylic acids is 1. The van der Waals surface area contributed by atoms with E-state index in [-0.39, 0.29) is 31.2 Å². The molecule has 1 aromatic rings. The molecule has 0 aliphatic rings. The number of carboxylic acid groups (broad SMARTS) is 1. The van der Waals surface area contributed by atoms with Crippen LogP contribution in [0.25, 0.3) is 0 Å². The van der Waals surface area contributed by atoms with E-state index in [0.29, 0.717) is 12.1 Å². The molecule has 0 heterocycles. The van der Waals surface area contributed by atoms with Crippen LogP contribution in [0.3, 0.4) is 0 Å². The van der Waals surface area contributed by atoms with Gasteiger partial charge in [-0.15, -0.1) is 0 Å². The summed E-state index contributed by atoms with van der Waals surface area (Å²) in [5, 5.41) is 13.6. The highest BCUT2D eigenvalue weighted by Gasteiger charge is 2.05. The molecule has 0 unspecified atom stereocenters. The highest BCUT2D eigenvalue weighted by Crippen LogP contribution is 1.97. The van der Waals surface area contributed by atoms with Gasteiger partial charge >= 0.3 is 5.97 Å². The average Bonchev–Trinajstić information content (AvgIpc) is 2.42. The minimum absolute atomic E-state index is 0.0536. The van der Waals surface area contributed by atoms with Gasteiger partial charge in [-0.2, -0.15) is 0 Å². The Kier molecular flexibility index (Phi) is 6.08. The molecule has 0 fully saturated rings. The second-order valence-electron chi connectivity index (χ2n) is 3.87. The number of carbonyl (C=O) groups excluding carboxylic acids is 2. The number of carbonyl (C=O) groups is 3. The lowest BCUT2D eigenvalue weighted by Crippen LogP contribution is -2.34. The smallest absolute Gasteiger partial charge is 0.303 e. The van der Waals surface area contributed by atoms with Crippen LogP contribution in [0.5, 0.6) is 0 Å². The fourth-order valence-electron chi connectivity index (χ4n) is 1.38. The summed E-state index contributed by atoms with van der Waals surface area (Å²) in [5.74, 6) is -1.55. The molecule has 102 valence electrons. The lowest BCUT2D eigenvalue weighted by atomic mass is 10.2. The van der Waals surface area contributed by atoms with Gasteiger partial charge in [-0.25, -0.2) is 0 Å². The Morgan fingerprint density at radius 2 is 1.58 bits per heavy atom. The van der Waals surface area contributed by atoms with Gasteiger partial charge in [-0.3, -0.25) is 14.4 Å². The van der Waals surface area contributed by atoms with E-state index in [9.17, 15) is 14.4 Å². The van der Waals surface area contributed by atoms with Crippen LogP contribution in [0.2, 0.25) is 0 Å². The fraction of sp³-hybridized carbons (Fsp3) is 0.308. The number of benzene rings is 1. The Morgan fingerprint density at radius 1 is 0.947 bits per heavy atom. The molecule has 0 aliphatic heterocycles. The summed E-state index contributed by atoms with van der Waals surface area (Å²) in [4.78, 5) is 33.0. The quantitative estimate of drug-likeness (QED) is 0.621. The fourth-order valence-corrected chi connectivity index (χ4v) is 1.38. The lowest BCUT2D eigenvalue weighted by molar-refractivity contribution is -0.138. The van der Waals surface area contributed by atoms with E-state index >= 15 is 0 Å². The summed E-state index contributed by atoms with van der Waals surface area (Å²) >= 11 is 0. The van der Waals surface area contributed by atoms with Gasteiger partial charge in [-0.1, -0.05) is 18.2 Å². The van der Waals surface area contributed by atoms with Gasteiger partial charge in [0.1, 0.15) is 0 Å². The summed E-state index contributed by atoms with van der Waals surface area (Å²) in [6.07, 6.45) is -0.246. The zero-order valence-electron chi connectivity index (χ0n) is 10.4. The van der Waals surface area contributed by atoms with Crippen LogP contribution in [0, 0.1) is 0 Å². The molecule has 6 nitrogen and oxygen atoms in total. The molecular formula is C13H16N2O4. The summed E-state index contributed by atoms with van der Waals surface area (Å²) in [5.41, 5.74) is 0.555. The van der Waals surface area contributed by atoms with Crippen molar-refractivity contribution in [2.75, 3.05) is 13.1 Å². The first kappa shape index (κ1) is 14.7. The molecule has 0 bridgehead atoms. The molecule has 0 aliphatic carbocycles. The van der Waals surface area contributed by atoms with Gasteiger partial charge in [0.15, 0.2) is 0 Å². The maximum Gasteiger partial charge on any atom is 0.303 e. The van der Waals surface area contributed by atoms with Crippen molar-refractivity contribution in [2.45, 2.75) is 12.8 Å². The zero-order chi connectivity index (χ0) is 14.1. The number of amides is 2. The van der Waals surface area contributed by atoms with E-state index in [2.05, 4.69) is 10.6 Å². The third-order valence-corrected chi connectivity index (χ3v) is 2.33. The number of nitrogens with one attached hydrogen (secondary N) is 2. The van der Waals surface area contributed by atoms with Gasteiger partial charge in [0.25, 0.3) is 5.91 Å². The summed E-state index contributed by atoms with van der Waals surface area (Å²) in [7, 11) is 0. The molecular weight excluding hydrogens is 248 g/mol. The van der Waals surface area contributed by atoms with Crippen molar-refractivity contribution < 1.29 is 19.5 Å². The van der Waals surface area contributed by atoms with Crippen LogP contribution in [0.4, 0.5) is 0 Å². The first-order chi connectivity index (χ1) is 9.09. The lowest BCUT2D eigenvalue weighted by Gasteiger charge is -2.06. The van der Waals surface area contributed by atoms with Crippen LogP contribution in [-0.2, 0) is 9.59 Å². The molecule has 6 heteroatoms. The van der Waals surface area contributed by atoms with Crippen molar-refractivity contribution in [3.05, 3.63) is 35.9 Å². The third kappa shape index (κ3) is 6.21. The predicted molar refractivity (Wildman–Crippen MR) is 68.7 cm³/mol. The number of rotatable bonds is 7. The van der Waals surface area contributed by atoms with E-state index in [1.807, 2.05) is 6.07 Å². The third-order valence-electron chi connectivity index (χ3n) is 2.33. The molecule has 3 N–H and O–H groups in total. The van der Waals surface area contributed by atoms with Crippen molar-refractivity contribution in [2.24, 2.45) is 0 Å². The van der Waals surface area contributed by atoms with Crippen molar-refractivity contribution in [3.63, 3.8) is 0 Å². The largest absolute Gasteiger partial charge is 0.481 e. The summed E-state index contributed by atoms with van der Waals surface area (Å²) in [6, 6.07) is 8.74. The van der Waals surface area contributed by atoms with Crippen LogP contribution >= 0.6 is 0 Å². The monoisotopic (exact) mass is 264 g/mol. The van der Waals surface area contributed by atoms with Gasteiger partial charge < -0.3 is 15.7 Å². The Balaban J connectivity index is 2.16. The Bertz CT molecular complexity index is 445. The van der Waals surface area contributed by atoms with Gasteiger partial charge in [0.05, 0.1) is 6.42 Å². The highest BCUT2D eigenvalue weighted by atomic mass is 16.4. The molecule has 0 saturated heterocycles. The molecule has 1 rings (SSSR count). The van der Waals surface area contributed by atoms with E-state index in [0.717, 1.165) is 0 Å². The van der Waals surface area contributed by atoms with Gasteiger partial charge in [0.2, 0.25) is 5.91 Å². The second-order valence-corrected chi connectivity index (χ2v) is 3.87. The topological polar surface area (TPSA) is 95.5 Å². The Labute approximate surface area is 110 Å². The predicted octanol–water partition coefficient (Wildman–Crippen LogP) is 0.397. The molecule has 0 radical (unpaired) electrons.